The van der Waals surface area contributed by atoms with Crippen molar-refractivity contribution in [1.29, 1.82) is 0 Å². The van der Waals surface area contributed by atoms with Crippen LogP contribution >= 0.6 is 0 Å². The second kappa shape index (κ2) is 5.91. The number of carbonyl (C=O) groups is 1. The molecule has 1 fully saturated rings. The normalized spacial score (nSPS) is 20.7. The van der Waals surface area contributed by atoms with E-state index in [2.05, 4.69) is 0 Å². The molecule has 0 unspecified atom stereocenters. The molecule has 22 heavy (non-hydrogen) atoms. The first-order chi connectivity index (χ1) is 10.1. The van der Waals surface area contributed by atoms with E-state index in [4.69, 9.17) is 24.3 Å². The maximum atomic E-state index is 10.5. The van der Waals surface area contributed by atoms with E-state index in [9.17, 15) is 4.79 Å². The Morgan fingerprint density at radius 1 is 1.18 bits per heavy atom. The van der Waals surface area contributed by atoms with Gasteiger partial charge in [0.25, 0.3) is 0 Å². The Hall–Kier alpha value is -1.57. The van der Waals surface area contributed by atoms with Gasteiger partial charge in [0.05, 0.1) is 11.2 Å². The number of aliphatic hydroxyl groups is 1. The molecular weight excluding hydrogens is 287 g/mol. The van der Waals surface area contributed by atoms with E-state index in [1.54, 1.807) is 24.3 Å². The molecule has 6 nitrogen and oxygen atoms in total. The van der Waals surface area contributed by atoms with Gasteiger partial charge in [-0.15, -0.1) is 0 Å². The topological polar surface area (TPSA) is 85.2 Å². The van der Waals surface area contributed by atoms with Crippen molar-refractivity contribution >= 4 is 18.6 Å². The first kappa shape index (κ1) is 16.8. The van der Waals surface area contributed by atoms with Crippen molar-refractivity contribution in [3.63, 3.8) is 0 Å². The van der Waals surface area contributed by atoms with E-state index in [1.807, 2.05) is 27.7 Å². The van der Waals surface area contributed by atoms with Crippen LogP contribution in [-0.4, -0.2) is 47.2 Å². The molecule has 0 spiro atoms. The zero-order valence-electron chi connectivity index (χ0n) is 13.2. The number of aliphatic carboxylic acids is 1. The van der Waals surface area contributed by atoms with Crippen LogP contribution in [0.4, 0.5) is 0 Å². The average Bonchev–Trinajstić information content (AvgIpc) is 2.65. The lowest BCUT2D eigenvalue weighted by Gasteiger charge is -2.32. The molecule has 0 aliphatic carbocycles. The van der Waals surface area contributed by atoms with Crippen LogP contribution in [0.15, 0.2) is 24.3 Å². The van der Waals surface area contributed by atoms with Gasteiger partial charge in [-0.05, 0) is 45.3 Å². The van der Waals surface area contributed by atoms with Gasteiger partial charge in [-0.25, -0.2) is 4.79 Å². The summed E-state index contributed by atoms with van der Waals surface area (Å²) in [6.45, 7) is 7.64. The molecule has 120 valence electrons. The van der Waals surface area contributed by atoms with Gasteiger partial charge in [0.15, 0.2) is 6.10 Å². The molecular formula is C15H21BO6. The Morgan fingerprint density at radius 3 is 2.14 bits per heavy atom. The maximum Gasteiger partial charge on any atom is 0.494 e. The molecule has 1 atom stereocenters. The van der Waals surface area contributed by atoms with E-state index in [0.29, 0.717) is 5.75 Å². The molecule has 0 saturated carbocycles. The molecule has 0 aromatic heterocycles. The third-order valence-electron chi connectivity index (χ3n) is 4.10. The Kier molecular flexibility index (Phi) is 4.51. The third-order valence-corrected chi connectivity index (χ3v) is 4.10. The Morgan fingerprint density at radius 2 is 1.68 bits per heavy atom. The first-order valence-electron chi connectivity index (χ1n) is 7.12. The van der Waals surface area contributed by atoms with E-state index in [0.717, 1.165) is 5.46 Å². The zero-order chi connectivity index (χ0) is 16.5. The van der Waals surface area contributed by atoms with Crippen molar-refractivity contribution in [3.05, 3.63) is 24.3 Å². The fourth-order valence-electron chi connectivity index (χ4n) is 1.95. The summed E-state index contributed by atoms with van der Waals surface area (Å²) in [6.07, 6.45) is -1.54. The molecule has 1 aromatic rings. The van der Waals surface area contributed by atoms with Crippen LogP contribution in [0.25, 0.3) is 0 Å². The molecule has 1 aromatic carbocycles. The summed E-state index contributed by atoms with van der Waals surface area (Å²) in [5.41, 5.74) is 0.0430. The lowest BCUT2D eigenvalue weighted by molar-refractivity contribution is -0.148. The van der Waals surface area contributed by atoms with E-state index in [-0.39, 0.29) is 6.61 Å². The lowest BCUT2D eigenvalue weighted by atomic mass is 9.79. The number of rotatable bonds is 5. The zero-order valence-corrected chi connectivity index (χ0v) is 13.2. The molecule has 1 aliphatic rings. The summed E-state index contributed by atoms with van der Waals surface area (Å²) in [5.74, 6) is -0.839. The van der Waals surface area contributed by atoms with Crippen LogP contribution in [0, 0.1) is 0 Å². The molecule has 7 heteroatoms. The van der Waals surface area contributed by atoms with E-state index >= 15 is 0 Å². The summed E-state index contributed by atoms with van der Waals surface area (Å²) in [5, 5.41) is 17.7. The summed E-state index contributed by atoms with van der Waals surface area (Å²) in [6, 6.07) is 6.97. The van der Waals surface area contributed by atoms with Crippen LogP contribution in [0.3, 0.4) is 0 Å². The smallest absolute Gasteiger partial charge is 0.490 e. The molecule has 2 rings (SSSR count). The monoisotopic (exact) mass is 308 g/mol. The number of aliphatic hydroxyl groups excluding tert-OH is 1. The third kappa shape index (κ3) is 3.43. The first-order valence-corrected chi connectivity index (χ1v) is 7.12. The molecule has 1 heterocycles. The number of hydrogen-bond acceptors (Lipinski definition) is 5. The van der Waals surface area contributed by atoms with Crippen LogP contribution < -0.4 is 10.2 Å². The second-order valence-corrected chi connectivity index (χ2v) is 6.32. The minimum atomic E-state index is -1.54. The minimum Gasteiger partial charge on any atom is -0.490 e. The van der Waals surface area contributed by atoms with Crippen molar-refractivity contribution in [2.45, 2.75) is 45.0 Å². The van der Waals surface area contributed by atoms with Crippen molar-refractivity contribution in [2.75, 3.05) is 6.61 Å². The predicted molar refractivity (Wildman–Crippen MR) is 81.3 cm³/mol. The predicted octanol–water partition coefficient (Wildman–Crippen LogP) is 0.810. The van der Waals surface area contributed by atoms with Gasteiger partial charge in [-0.3, -0.25) is 0 Å². The molecule has 0 radical (unpaired) electrons. The number of hydrogen-bond donors (Lipinski definition) is 2. The number of ether oxygens (including phenoxy) is 1. The van der Waals surface area contributed by atoms with Crippen molar-refractivity contribution in [2.24, 2.45) is 0 Å². The Labute approximate surface area is 130 Å². The summed E-state index contributed by atoms with van der Waals surface area (Å²) in [7, 11) is -0.455. The van der Waals surface area contributed by atoms with Gasteiger partial charge < -0.3 is 24.3 Å². The fraction of sp³-hybridized carbons (Fsp3) is 0.533. The molecule has 2 N–H and O–H groups in total. The maximum absolute atomic E-state index is 10.5. The van der Waals surface area contributed by atoms with Gasteiger partial charge in [-0.2, -0.15) is 0 Å². The SMILES string of the molecule is CC1(C)OB(c2ccc(OC[C@@H](O)C(=O)O)cc2)OC1(C)C. The molecule has 1 saturated heterocycles. The van der Waals surface area contributed by atoms with Crippen LogP contribution in [0.1, 0.15) is 27.7 Å². The van der Waals surface area contributed by atoms with Crippen LogP contribution in [-0.2, 0) is 14.1 Å². The van der Waals surface area contributed by atoms with Crippen LogP contribution in [0.2, 0.25) is 0 Å². The van der Waals surface area contributed by atoms with Crippen LogP contribution in [0.5, 0.6) is 5.75 Å². The lowest BCUT2D eigenvalue weighted by Crippen LogP contribution is -2.41. The Bertz CT molecular complexity index is 523. The Balaban J connectivity index is 2.00. The van der Waals surface area contributed by atoms with Gasteiger partial charge >= 0.3 is 13.1 Å². The molecule has 0 bridgehead atoms. The van der Waals surface area contributed by atoms with Crippen molar-refractivity contribution in [1.82, 2.24) is 0 Å². The highest BCUT2D eigenvalue weighted by Gasteiger charge is 2.51. The van der Waals surface area contributed by atoms with Crippen molar-refractivity contribution < 1.29 is 29.1 Å². The largest absolute Gasteiger partial charge is 0.494 e. The summed E-state index contributed by atoms with van der Waals surface area (Å²) < 4.78 is 17.1. The van der Waals surface area contributed by atoms with Gasteiger partial charge in [0, 0.05) is 0 Å². The standard InChI is InChI=1S/C15H21BO6/c1-14(2)15(3,4)22-16(21-14)10-5-7-11(8-6-10)20-9-12(17)13(18)19/h5-8,12,17H,9H2,1-4H3,(H,18,19)/t12-/m1/s1. The highest BCUT2D eigenvalue weighted by atomic mass is 16.7. The van der Waals surface area contributed by atoms with Gasteiger partial charge in [0.2, 0.25) is 0 Å². The highest BCUT2D eigenvalue weighted by Crippen LogP contribution is 2.36. The molecule has 0 amide bonds. The van der Waals surface area contributed by atoms with Crippen molar-refractivity contribution in [3.8, 4) is 5.75 Å². The van der Waals surface area contributed by atoms with E-state index in [1.165, 1.54) is 0 Å². The quantitative estimate of drug-likeness (QED) is 0.783. The summed E-state index contributed by atoms with van der Waals surface area (Å²) in [4.78, 5) is 10.5. The van der Waals surface area contributed by atoms with E-state index < -0.39 is 30.4 Å². The minimum absolute atomic E-state index is 0.300. The number of carboxylic acids is 1. The number of benzene rings is 1. The van der Waals surface area contributed by atoms with Gasteiger partial charge in [-0.1, -0.05) is 12.1 Å². The average molecular weight is 308 g/mol. The summed E-state index contributed by atoms with van der Waals surface area (Å²) >= 11 is 0. The second-order valence-electron chi connectivity index (χ2n) is 6.32. The highest BCUT2D eigenvalue weighted by molar-refractivity contribution is 6.62. The number of carboxylic acid groups (broad SMARTS) is 1. The molecule has 1 aliphatic heterocycles. The fourth-order valence-corrected chi connectivity index (χ4v) is 1.95. The van der Waals surface area contributed by atoms with Gasteiger partial charge in [0.1, 0.15) is 12.4 Å².